The van der Waals surface area contributed by atoms with Gasteiger partial charge in [0.1, 0.15) is 0 Å². The number of nitrogens with two attached hydrogens (primary N) is 1. The highest BCUT2D eigenvalue weighted by molar-refractivity contribution is 5.92. The van der Waals surface area contributed by atoms with Gasteiger partial charge in [0.2, 0.25) is 5.91 Å². The Bertz CT molecular complexity index is 427. The molecule has 1 heterocycles. The van der Waals surface area contributed by atoms with Crippen molar-refractivity contribution in [1.29, 1.82) is 0 Å². The standard InChI is InChI=1S/C11H14F4N2O2/c1-5(2)8(12)10(19)17-3-6(9(16)18)7(4-17)11(13,14)15/h6-7H,3-4H2,1-2H3,(H2,16,18)/t6-,7-/m1/s1. The lowest BCUT2D eigenvalue weighted by Gasteiger charge is -2.18. The maximum atomic E-state index is 13.4. The van der Waals surface area contributed by atoms with E-state index in [2.05, 4.69) is 0 Å². The van der Waals surface area contributed by atoms with Gasteiger partial charge in [0.05, 0.1) is 11.8 Å². The molecule has 0 aromatic carbocycles. The van der Waals surface area contributed by atoms with Crippen molar-refractivity contribution in [3.63, 3.8) is 0 Å². The molecule has 19 heavy (non-hydrogen) atoms. The van der Waals surface area contributed by atoms with Crippen molar-refractivity contribution in [2.24, 2.45) is 17.6 Å². The van der Waals surface area contributed by atoms with Crippen molar-refractivity contribution in [1.82, 2.24) is 4.90 Å². The maximum Gasteiger partial charge on any atom is 0.394 e. The summed E-state index contributed by atoms with van der Waals surface area (Å²) in [5, 5.41) is 0. The molecule has 1 saturated heterocycles. The number of alkyl halides is 3. The highest BCUT2D eigenvalue weighted by atomic mass is 19.4. The zero-order valence-corrected chi connectivity index (χ0v) is 10.4. The van der Waals surface area contributed by atoms with Crippen LogP contribution in [0.2, 0.25) is 0 Å². The van der Waals surface area contributed by atoms with Gasteiger partial charge in [0.25, 0.3) is 5.91 Å². The van der Waals surface area contributed by atoms with E-state index in [0.717, 1.165) is 0 Å². The van der Waals surface area contributed by atoms with Crippen LogP contribution in [0.1, 0.15) is 13.8 Å². The van der Waals surface area contributed by atoms with E-state index in [1.165, 1.54) is 13.8 Å². The summed E-state index contributed by atoms with van der Waals surface area (Å²) < 4.78 is 51.6. The van der Waals surface area contributed by atoms with Crippen LogP contribution in [0.4, 0.5) is 17.6 Å². The summed E-state index contributed by atoms with van der Waals surface area (Å²) in [7, 11) is 0. The SMILES string of the molecule is CC(C)=C(F)C(=O)N1C[C@@H](C(F)(F)F)[C@H](C(N)=O)C1. The van der Waals surface area contributed by atoms with E-state index in [1.807, 2.05) is 0 Å². The van der Waals surface area contributed by atoms with Crippen LogP contribution >= 0.6 is 0 Å². The quantitative estimate of drug-likeness (QED) is 0.614. The molecule has 2 atom stereocenters. The minimum absolute atomic E-state index is 0.0658. The molecular formula is C11H14F4N2O2. The third kappa shape index (κ3) is 3.24. The second kappa shape index (κ2) is 5.18. The molecule has 1 fully saturated rings. The summed E-state index contributed by atoms with van der Waals surface area (Å²) in [4.78, 5) is 23.3. The molecule has 1 aliphatic heterocycles. The van der Waals surface area contributed by atoms with E-state index in [9.17, 15) is 27.2 Å². The summed E-state index contributed by atoms with van der Waals surface area (Å²) in [5.41, 5.74) is 4.97. The van der Waals surface area contributed by atoms with Crippen LogP contribution in [-0.2, 0) is 9.59 Å². The predicted molar refractivity (Wildman–Crippen MR) is 58.3 cm³/mol. The number of hydrogen-bond acceptors (Lipinski definition) is 2. The minimum Gasteiger partial charge on any atom is -0.369 e. The Morgan fingerprint density at radius 3 is 2.05 bits per heavy atom. The number of carbonyl (C=O) groups is 2. The lowest BCUT2D eigenvalue weighted by molar-refractivity contribution is -0.182. The van der Waals surface area contributed by atoms with E-state index in [1.54, 1.807) is 0 Å². The zero-order chi connectivity index (χ0) is 15.0. The first kappa shape index (κ1) is 15.5. The fourth-order valence-corrected chi connectivity index (χ4v) is 1.94. The van der Waals surface area contributed by atoms with Crippen LogP contribution in [0, 0.1) is 11.8 Å². The van der Waals surface area contributed by atoms with E-state index < -0.39 is 48.7 Å². The molecule has 0 aromatic heterocycles. The largest absolute Gasteiger partial charge is 0.394 e. The number of hydrogen-bond donors (Lipinski definition) is 1. The molecule has 0 saturated carbocycles. The lowest BCUT2D eigenvalue weighted by Crippen LogP contribution is -2.37. The van der Waals surface area contributed by atoms with Crippen LogP contribution in [-0.4, -0.2) is 36.0 Å². The smallest absolute Gasteiger partial charge is 0.369 e. The van der Waals surface area contributed by atoms with Gasteiger partial charge in [0.15, 0.2) is 5.83 Å². The van der Waals surface area contributed by atoms with E-state index in [0.29, 0.717) is 4.90 Å². The fraction of sp³-hybridized carbons (Fsp3) is 0.636. The van der Waals surface area contributed by atoms with Crippen LogP contribution in [0.25, 0.3) is 0 Å². The van der Waals surface area contributed by atoms with Crippen LogP contribution in [0.3, 0.4) is 0 Å². The van der Waals surface area contributed by atoms with Gasteiger partial charge in [-0.3, -0.25) is 9.59 Å². The minimum atomic E-state index is -4.66. The van der Waals surface area contributed by atoms with Crippen LogP contribution in [0.15, 0.2) is 11.4 Å². The van der Waals surface area contributed by atoms with Crippen molar-refractivity contribution < 1.29 is 27.2 Å². The van der Waals surface area contributed by atoms with Crippen LogP contribution in [0.5, 0.6) is 0 Å². The summed E-state index contributed by atoms with van der Waals surface area (Å²) >= 11 is 0. The van der Waals surface area contributed by atoms with Gasteiger partial charge < -0.3 is 10.6 Å². The average molecular weight is 282 g/mol. The van der Waals surface area contributed by atoms with Gasteiger partial charge in [-0.25, -0.2) is 4.39 Å². The Kier molecular flexibility index (Phi) is 4.21. The van der Waals surface area contributed by atoms with Gasteiger partial charge in [-0.15, -0.1) is 0 Å². The van der Waals surface area contributed by atoms with Gasteiger partial charge in [-0.05, 0) is 19.4 Å². The Hall–Kier alpha value is -1.60. The van der Waals surface area contributed by atoms with Crippen molar-refractivity contribution in [3.8, 4) is 0 Å². The number of amides is 2. The Morgan fingerprint density at radius 2 is 1.74 bits per heavy atom. The van der Waals surface area contributed by atoms with Crippen molar-refractivity contribution >= 4 is 11.8 Å². The highest BCUT2D eigenvalue weighted by Gasteiger charge is 2.53. The molecule has 1 rings (SSSR count). The number of primary amides is 1. The monoisotopic (exact) mass is 282 g/mol. The Labute approximate surface area is 107 Å². The molecule has 4 nitrogen and oxygen atoms in total. The molecule has 0 aliphatic carbocycles. The number of rotatable bonds is 2. The molecule has 0 unspecified atom stereocenters. The third-order valence-corrected chi connectivity index (χ3v) is 3.02. The second-order valence-corrected chi connectivity index (χ2v) is 4.68. The molecule has 2 N–H and O–H groups in total. The number of nitrogens with zero attached hydrogens (tertiary/aromatic N) is 1. The number of carbonyl (C=O) groups excluding carboxylic acids is 2. The normalized spacial score (nSPS) is 23.4. The topological polar surface area (TPSA) is 63.4 Å². The Balaban J connectivity index is 2.97. The molecule has 108 valence electrons. The van der Waals surface area contributed by atoms with Crippen molar-refractivity contribution in [2.75, 3.05) is 13.1 Å². The summed E-state index contributed by atoms with van der Waals surface area (Å²) in [6.45, 7) is 1.39. The van der Waals surface area contributed by atoms with Gasteiger partial charge in [-0.1, -0.05) is 0 Å². The molecular weight excluding hydrogens is 268 g/mol. The van der Waals surface area contributed by atoms with Crippen molar-refractivity contribution in [2.45, 2.75) is 20.0 Å². The third-order valence-electron chi connectivity index (χ3n) is 3.02. The van der Waals surface area contributed by atoms with Gasteiger partial charge >= 0.3 is 6.18 Å². The van der Waals surface area contributed by atoms with Crippen molar-refractivity contribution in [3.05, 3.63) is 11.4 Å². The molecule has 1 aliphatic rings. The Morgan fingerprint density at radius 1 is 1.21 bits per heavy atom. The fourth-order valence-electron chi connectivity index (χ4n) is 1.94. The predicted octanol–water partition coefficient (Wildman–Crippen LogP) is 1.37. The molecule has 0 bridgehead atoms. The van der Waals surface area contributed by atoms with Gasteiger partial charge in [0, 0.05) is 13.1 Å². The lowest BCUT2D eigenvalue weighted by atomic mass is 9.95. The molecule has 2 amide bonds. The second-order valence-electron chi connectivity index (χ2n) is 4.68. The number of likely N-dealkylation sites (tertiary alicyclic amines) is 1. The first-order valence-corrected chi connectivity index (χ1v) is 5.54. The summed E-state index contributed by atoms with van der Waals surface area (Å²) in [6, 6.07) is 0. The molecule has 0 aromatic rings. The molecule has 0 spiro atoms. The molecule has 0 radical (unpaired) electrons. The maximum absolute atomic E-state index is 13.4. The van der Waals surface area contributed by atoms with Gasteiger partial charge in [-0.2, -0.15) is 13.2 Å². The van der Waals surface area contributed by atoms with Crippen LogP contribution < -0.4 is 5.73 Å². The summed E-state index contributed by atoms with van der Waals surface area (Å²) in [5.74, 6) is -6.97. The van der Waals surface area contributed by atoms with E-state index >= 15 is 0 Å². The first-order valence-electron chi connectivity index (χ1n) is 5.54. The van der Waals surface area contributed by atoms with E-state index in [-0.39, 0.29) is 5.57 Å². The van der Waals surface area contributed by atoms with E-state index in [4.69, 9.17) is 5.73 Å². The number of allylic oxidation sites excluding steroid dienone is 1. The average Bonchev–Trinajstić information content (AvgIpc) is 2.71. The first-order chi connectivity index (χ1) is 8.55. The zero-order valence-electron chi connectivity index (χ0n) is 10.4. The highest BCUT2D eigenvalue weighted by Crippen LogP contribution is 2.38. The number of halogens is 4. The molecule has 8 heteroatoms. The summed E-state index contributed by atoms with van der Waals surface area (Å²) in [6.07, 6.45) is -4.66.